The minimum Gasteiger partial charge on any atom is -0.388 e. The van der Waals surface area contributed by atoms with Gasteiger partial charge in [-0.2, -0.15) is 5.10 Å². The van der Waals surface area contributed by atoms with Gasteiger partial charge in [-0.3, -0.25) is 4.68 Å². The van der Waals surface area contributed by atoms with Crippen molar-refractivity contribution in [2.24, 2.45) is 5.41 Å². The first kappa shape index (κ1) is 12.2. The van der Waals surface area contributed by atoms with E-state index in [0.717, 1.165) is 24.9 Å². The second-order valence-electron chi connectivity index (χ2n) is 4.78. The zero-order valence-electron chi connectivity index (χ0n) is 10.2. The number of hydrogen-bond acceptors (Lipinski definition) is 2. The quantitative estimate of drug-likeness (QED) is 0.811. The Balaban J connectivity index is 2.78. The van der Waals surface area contributed by atoms with Crippen LogP contribution in [0.15, 0.2) is 12.4 Å². The fourth-order valence-electron chi connectivity index (χ4n) is 1.52. The van der Waals surface area contributed by atoms with E-state index in [4.69, 9.17) is 0 Å². The van der Waals surface area contributed by atoms with Gasteiger partial charge in [-0.25, -0.2) is 0 Å². The molecule has 0 aliphatic rings. The largest absolute Gasteiger partial charge is 0.388 e. The summed E-state index contributed by atoms with van der Waals surface area (Å²) in [5.74, 6) is 0. The normalized spacial score (nSPS) is 14.2. The van der Waals surface area contributed by atoms with Crippen molar-refractivity contribution in [1.29, 1.82) is 0 Å². The van der Waals surface area contributed by atoms with Gasteiger partial charge < -0.3 is 5.11 Å². The molecule has 15 heavy (non-hydrogen) atoms. The minimum absolute atomic E-state index is 0.0833. The zero-order chi connectivity index (χ0) is 11.5. The van der Waals surface area contributed by atoms with Crippen molar-refractivity contribution in [2.75, 3.05) is 0 Å². The fraction of sp³-hybridized carbons (Fsp3) is 0.750. The summed E-state index contributed by atoms with van der Waals surface area (Å²) in [4.78, 5) is 0. The van der Waals surface area contributed by atoms with Crippen LogP contribution in [0.3, 0.4) is 0 Å². The molecule has 1 heterocycles. The van der Waals surface area contributed by atoms with Crippen LogP contribution in [0, 0.1) is 5.41 Å². The first-order chi connectivity index (χ1) is 7.01. The molecule has 1 atom stereocenters. The molecule has 0 radical (unpaired) electrons. The third-order valence-corrected chi connectivity index (χ3v) is 3.07. The summed E-state index contributed by atoms with van der Waals surface area (Å²) in [6, 6.07) is 0. The van der Waals surface area contributed by atoms with Gasteiger partial charge in [0.1, 0.15) is 0 Å². The lowest BCUT2D eigenvalue weighted by molar-refractivity contribution is 0.0465. The van der Waals surface area contributed by atoms with E-state index in [-0.39, 0.29) is 5.41 Å². The molecule has 0 saturated heterocycles. The Morgan fingerprint density at radius 3 is 2.67 bits per heavy atom. The van der Waals surface area contributed by atoms with Crippen molar-refractivity contribution in [1.82, 2.24) is 9.78 Å². The second-order valence-corrected chi connectivity index (χ2v) is 4.78. The number of aryl methyl sites for hydroxylation is 1. The van der Waals surface area contributed by atoms with Crippen molar-refractivity contribution in [3.05, 3.63) is 18.0 Å². The first-order valence-corrected chi connectivity index (χ1v) is 5.71. The maximum absolute atomic E-state index is 10.2. The molecule has 0 bridgehead atoms. The number of aliphatic hydroxyl groups is 1. The lowest BCUT2D eigenvalue weighted by Crippen LogP contribution is -2.20. The van der Waals surface area contributed by atoms with Crippen LogP contribution in [-0.2, 0) is 6.54 Å². The summed E-state index contributed by atoms with van der Waals surface area (Å²) in [6.45, 7) is 9.29. The van der Waals surface area contributed by atoms with E-state index in [1.54, 1.807) is 6.20 Å². The molecule has 0 aliphatic heterocycles. The summed E-state index contributed by atoms with van der Waals surface area (Å²) < 4.78 is 1.89. The average Bonchev–Trinajstić information content (AvgIpc) is 2.66. The predicted octanol–water partition coefficient (Wildman–Crippen LogP) is 2.76. The molecular weight excluding hydrogens is 188 g/mol. The van der Waals surface area contributed by atoms with Crippen molar-refractivity contribution in [3.8, 4) is 0 Å². The first-order valence-electron chi connectivity index (χ1n) is 5.71. The Morgan fingerprint density at radius 1 is 1.47 bits per heavy atom. The fourth-order valence-corrected chi connectivity index (χ4v) is 1.52. The maximum Gasteiger partial charge on any atom is 0.0871 e. The lowest BCUT2D eigenvalue weighted by Gasteiger charge is -2.28. The van der Waals surface area contributed by atoms with Gasteiger partial charge in [0.25, 0.3) is 0 Å². The molecule has 0 spiro atoms. The van der Waals surface area contributed by atoms with Gasteiger partial charge in [0, 0.05) is 18.3 Å². The second kappa shape index (κ2) is 4.79. The number of hydrogen-bond donors (Lipinski definition) is 1. The van der Waals surface area contributed by atoms with Crippen LogP contribution in [0.2, 0.25) is 0 Å². The Hall–Kier alpha value is -0.830. The molecule has 1 rings (SSSR count). The summed E-state index contributed by atoms with van der Waals surface area (Å²) >= 11 is 0. The van der Waals surface area contributed by atoms with Crippen molar-refractivity contribution < 1.29 is 5.11 Å². The topological polar surface area (TPSA) is 38.0 Å². The van der Waals surface area contributed by atoms with Gasteiger partial charge in [-0.05, 0) is 18.3 Å². The molecule has 0 saturated carbocycles. The lowest BCUT2D eigenvalue weighted by atomic mass is 9.81. The highest BCUT2D eigenvalue weighted by atomic mass is 16.3. The number of aromatic nitrogens is 2. The number of rotatable bonds is 5. The molecule has 0 aliphatic carbocycles. The van der Waals surface area contributed by atoms with Crippen LogP contribution in [0.1, 0.15) is 52.2 Å². The van der Waals surface area contributed by atoms with Crippen LogP contribution < -0.4 is 0 Å². The number of nitrogens with zero attached hydrogens (tertiary/aromatic N) is 2. The Kier molecular flexibility index (Phi) is 3.91. The molecule has 1 unspecified atom stereocenters. The van der Waals surface area contributed by atoms with Gasteiger partial charge in [0.15, 0.2) is 0 Å². The molecule has 1 aromatic rings. The molecule has 3 nitrogen and oxygen atoms in total. The Labute approximate surface area is 92.1 Å². The Morgan fingerprint density at radius 2 is 2.13 bits per heavy atom. The van der Waals surface area contributed by atoms with Gasteiger partial charge in [-0.15, -0.1) is 0 Å². The van der Waals surface area contributed by atoms with E-state index < -0.39 is 6.10 Å². The van der Waals surface area contributed by atoms with Crippen molar-refractivity contribution in [2.45, 2.75) is 53.2 Å². The summed E-state index contributed by atoms with van der Waals surface area (Å²) in [6.07, 6.45) is 5.32. The Bertz CT molecular complexity index is 304. The smallest absolute Gasteiger partial charge is 0.0871 e. The zero-order valence-corrected chi connectivity index (χ0v) is 10.2. The third kappa shape index (κ3) is 2.81. The van der Waals surface area contributed by atoms with E-state index in [1.807, 2.05) is 10.9 Å². The molecule has 0 fully saturated rings. The average molecular weight is 210 g/mol. The van der Waals surface area contributed by atoms with Crippen LogP contribution in [0.25, 0.3) is 0 Å². The third-order valence-electron chi connectivity index (χ3n) is 3.07. The van der Waals surface area contributed by atoms with Gasteiger partial charge in [0.2, 0.25) is 0 Å². The van der Waals surface area contributed by atoms with Crippen LogP contribution in [0.5, 0.6) is 0 Å². The van der Waals surface area contributed by atoms with Crippen LogP contribution in [0.4, 0.5) is 0 Å². The summed E-state index contributed by atoms with van der Waals surface area (Å²) in [5.41, 5.74) is 0.843. The molecule has 1 N–H and O–H groups in total. The molecule has 1 aromatic heterocycles. The summed E-state index contributed by atoms with van der Waals surface area (Å²) in [5, 5.41) is 14.4. The highest BCUT2D eigenvalue weighted by molar-refractivity contribution is 5.11. The maximum atomic E-state index is 10.2. The van der Waals surface area contributed by atoms with E-state index >= 15 is 0 Å². The summed E-state index contributed by atoms with van der Waals surface area (Å²) in [7, 11) is 0. The van der Waals surface area contributed by atoms with E-state index in [0.29, 0.717) is 0 Å². The standard InChI is InChI=1S/C12H22N2O/c1-5-7-14-9-10(8-13-14)11(15)12(3,4)6-2/h8-9,11,15H,5-7H2,1-4H3. The van der Waals surface area contributed by atoms with Crippen LogP contribution in [-0.4, -0.2) is 14.9 Å². The van der Waals surface area contributed by atoms with Crippen LogP contribution >= 0.6 is 0 Å². The van der Waals surface area contributed by atoms with E-state index in [9.17, 15) is 5.11 Å². The highest BCUT2D eigenvalue weighted by Crippen LogP contribution is 2.35. The molecule has 0 amide bonds. The molecule has 3 heteroatoms. The van der Waals surface area contributed by atoms with Crippen molar-refractivity contribution in [3.63, 3.8) is 0 Å². The van der Waals surface area contributed by atoms with Crippen molar-refractivity contribution >= 4 is 0 Å². The van der Waals surface area contributed by atoms with Gasteiger partial charge >= 0.3 is 0 Å². The molecular formula is C12H22N2O. The SMILES string of the molecule is CCCn1cc(C(O)C(C)(C)CC)cn1. The highest BCUT2D eigenvalue weighted by Gasteiger charge is 2.28. The van der Waals surface area contributed by atoms with E-state index in [2.05, 4.69) is 32.8 Å². The van der Waals surface area contributed by atoms with E-state index in [1.165, 1.54) is 0 Å². The van der Waals surface area contributed by atoms with Gasteiger partial charge in [0.05, 0.1) is 12.3 Å². The minimum atomic E-state index is -0.423. The molecule has 0 aromatic carbocycles. The molecule has 86 valence electrons. The number of aliphatic hydroxyl groups excluding tert-OH is 1. The predicted molar refractivity (Wildman–Crippen MR) is 61.5 cm³/mol. The van der Waals surface area contributed by atoms with Gasteiger partial charge in [-0.1, -0.05) is 27.7 Å². The monoisotopic (exact) mass is 210 g/mol.